The van der Waals surface area contributed by atoms with Gasteiger partial charge < -0.3 is 9.32 Å². The molecule has 0 N–H and O–H groups in total. The summed E-state index contributed by atoms with van der Waals surface area (Å²) in [5, 5.41) is 10.9. The Morgan fingerprint density at radius 2 is 2.18 bits per heavy atom. The van der Waals surface area contributed by atoms with Crippen molar-refractivity contribution in [1.29, 1.82) is 5.26 Å². The second-order valence-electron chi connectivity index (χ2n) is 6.86. The summed E-state index contributed by atoms with van der Waals surface area (Å²) in [6, 6.07) is 9.29. The van der Waals surface area contributed by atoms with E-state index >= 15 is 0 Å². The van der Waals surface area contributed by atoms with E-state index in [1.165, 1.54) is 0 Å². The molecule has 7 nitrogen and oxygen atoms in total. The number of sulfone groups is 1. The predicted octanol–water partition coefficient (Wildman–Crippen LogP) is 2.27. The number of thiophene rings is 1. The Kier molecular flexibility index (Phi) is 6.88. The molecule has 9 heteroatoms. The SMILES string of the molecule is N#CCCN(CC(=O)N(Cc1cccs1)C1CCS(=O)(=O)C1)Cc1ccco1. The smallest absolute Gasteiger partial charge is 0.237 e. The van der Waals surface area contributed by atoms with Crippen molar-refractivity contribution in [3.05, 3.63) is 46.5 Å². The first-order valence-corrected chi connectivity index (χ1v) is 11.8. The van der Waals surface area contributed by atoms with E-state index in [4.69, 9.17) is 9.68 Å². The van der Waals surface area contributed by atoms with E-state index in [-0.39, 0.29) is 30.0 Å². The lowest BCUT2D eigenvalue weighted by Crippen LogP contribution is -2.45. The molecular formula is C19H23N3O4S2. The minimum atomic E-state index is -3.10. The molecule has 3 heterocycles. The van der Waals surface area contributed by atoms with E-state index < -0.39 is 9.84 Å². The van der Waals surface area contributed by atoms with Crippen molar-refractivity contribution in [1.82, 2.24) is 9.80 Å². The van der Waals surface area contributed by atoms with Gasteiger partial charge in [0.1, 0.15) is 5.76 Å². The molecule has 0 spiro atoms. The lowest BCUT2D eigenvalue weighted by atomic mass is 10.2. The van der Waals surface area contributed by atoms with Crippen LogP contribution in [-0.4, -0.2) is 54.8 Å². The fourth-order valence-corrected chi connectivity index (χ4v) is 5.77. The van der Waals surface area contributed by atoms with Gasteiger partial charge in [0, 0.05) is 23.9 Å². The summed E-state index contributed by atoms with van der Waals surface area (Å²) in [6.45, 7) is 1.39. The summed E-state index contributed by atoms with van der Waals surface area (Å²) in [5.74, 6) is 0.732. The van der Waals surface area contributed by atoms with Crippen LogP contribution in [0.15, 0.2) is 40.3 Å². The molecule has 1 fully saturated rings. The third kappa shape index (κ3) is 5.67. The van der Waals surface area contributed by atoms with Crippen molar-refractivity contribution in [2.75, 3.05) is 24.6 Å². The number of hydrogen-bond acceptors (Lipinski definition) is 7. The zero-order valence-corrected chi connectivity index (χ0v) is 17.1. The molecule has 28 heavy (non-hydrogen) atoms. The van der Waals surface area contributed by atoms with E-state index in [2.05, 4.69) is 6.07 Å². The second kappa shape index (κ2) is 9.37. The number of nitriles is 1. The molecule has 1 atom stereocenters. The molecule has 0 saturated carbocycles. The van der Waals surface area contributed by atoms with Crippen molar-refractivity contribution < 1.29 is 17.6 Å². The number of carbonyl (C=O) groups is 1. The third-order valence-electron chi connectivity index (χ3n) is 4.73. The standard InChI is InChI=1S/C19H23N3O4S2/c20-7-3-8-21(12-17-4-1-9-26-17)14-19(23)22(13-18-5-2-10-27-18)16-6-11-28(24,25)15-16/h1-2,4-5,9-10,16H,3,6,8,11-15H2. The number of amides is 1. The Labute approximate surface area is 169 Å². The van der Waals surface area contributed by atoms with E-state index in [9.17, 15) is 13.2 Å². The van der Waals surface area contributed by atoms with Crippen LogP contribution in [0.25, 0.3) is 0 Å². The van der Waals surface area contributed by atoms with E-state index in [1.54, 1.807) is 28.6 Å². The van der Waals surface area contributed by atoms with Crippen LogP contribution < -0.4 is 0 Å². The van der Waals surface area contributed by atoms with Crippen molar-refractivity contribution in [3.63, 3.8) is 0 Å². The van der Waals surface area contributed by atoms with Crippen LogP contribution in [0.3, 0.4) is 0 Å². The molecule has 150 valence electrons. The normalized spacial score (nSPS) is 18.2. The minimum Gasteiger partial charge on any atom is -0.468 e. The van der Waals surface area contributed by atoms with Gasteiger partial charge in [0.2, 0.25) is 5.91 Å². The first-order chi connectivity index (χ1) is 13.5. The van der Waals surface area contributed by atoms with Crippen LogP contribution >= 0.6 is 11.3 Å². The lowest BCUT2D eigenvalue weighted by Gasteiger charge is -2.30. The summed E-state index contributed by atoms with van der Waals surface area (Å²) < 4.78 is 29.3. The quantitative estimate of drug-likeness (QED) is 0.616. The van der Waals surface area contributed by atoms with Crippen LogP contribution in [0.2, 0.25) is 0 Å². The molecule has 0 bridgehead atoms. The van der Waals surface area contributed by atoms with Crippen molar-refractivity contribution in [3.8, 4) is 6.07 Å². The predicted molar refractivity (Wildman–Crippen MR) is 106 cm³/mol. The van der Waals surface area contributed by atoms with Crippen LogP contribution in [0, 0.1) is 11.3 Å². The number of hydrogen-bond donors (Lipinski definition) is 0. The zero-order chi connectivity index (χ0) is 20.0. The highest BCUT2D eigenvalue weighted by Gasteiger charge is 2.35. The molecule has 2 aromatic rings. The van der Waals surface area contributed by atoms with Gasteiger partial charge in [-0.3, -0.25) is 9.69 Å². The fraction of sp³-hybridized carbons (Fsp3) is 0.474. The largest absolute Gasteiger partial charge is 0.468 e. The topological polar surface area (TPSA) is 94.6 Å². The summed E-state index contributed by atoms with van der Waals surface area (Å²) in [5.41, 5.74) is 0. The molecule has 3 rings (SSSR count). The van der Waals surface area contributed by atoms with Crippen LogP contribution in [-0.2, 0) is 27.7 Å². The minimum absolute atomic E-state index is 0.0144. The molecule has 1 saturated heterocycles. The molecule has 0 radical (unpaired) electrons. The van der Waals surface area contributed by atoms with Crippen molar-refractivity contribution in [2.24, 2.45) is 0 Å². The van der Waals surface area contributed by atoms with Crippen LogP contribution in [0.4, 0.5) is 0 Å². The van der Waals surface area contributed by atoms with Gasteiger partial charge in [-0.25, -0.2) is 8.42 Å². The number of nitrogens with zero attached hydrogens (tertiary/aromatic N) is 3. The number of rotatable bonds is 9. The van der Waals surface area contributed by atoms with Gasteiger partial charge in [-0.15, -0.1) is 11.3 Å². The van der Waals surface area contributed by atoms with E-state index in [0.717, 1.165) is 10.6 Å². The Bertz CT molecular complexity index is 902. The summed E-state index contributed by atoms with van der Waals surface area (Å²) in [4.78, 5) is 17.7. The van der Waals surface area contributed by atoms with Gasteiger partial charge in [0.15, 0.2) is 9.84 Å². The van der Waals surface area contributed by atoms with Crippen LogP contribution in [0.1, 0.15) is 23.5 Å². The molecular weight excluding hydrogens is 398 g/mol. The van der Waals surface area contributed by atoms with Gasteiger partial charge in [-0.2, -0.15) is 5.26 Å². The molecule has 0 aliphatic carbocycles. The van der Waals surface area contributed by atoms with Gasteiger partial charge in [-0.05, 0) is 30.0 Å². The summed E-state index contributed by atoms with van der Waals surface area (Å²) in [6.07, 6.45) is 2.35. The van der Waals surface area contributed by atoms with Crippen LogP contribution in [0.5, 0.6) is 0 Å². The Balaban J connectivity index is 1.73. The molecule has 1 aliphatic rings. The first-order valence-electron chi connectivity index (χ1n) is 9.11. The third-order valence-corrected chi connectivity index (χ3v) is 7.35. The highest BCUT2D eigenvalue weighted by molar-refractivity contribution is 7.91. The fourth-order valence-electron chi connectivity index (χ4n) is 3.34. The highest BCUT2D eigenvalue weighted by atomic mass is 32.2. The van der Waals surface area contributed by atoms with Gasteiger partial charge in [0.05, 0.1) is 43.5 Å². The molecule has 1 amide bonds. The van der Waals surface area contributed by atoms with Gasteiger partial charge in [0.25, 0.3) is 0 Å². The number of carbonyl (C=O) groups excluding carboxylic acids is 1. The maximum absolute atomic E-state index is 13.2. The van der Waals surface area contributed by atoms with Crippen molar-refractivity contribution in [2.45, 2.75) is 32.0 Å². The molecule has 0 aromatic carbocycles. The Hall–Kier alpha value is -2.15. The Morgan fingerprint density at radius 1 is 1.32 bits per heavy atom. The second-order valence-corrected chi connectivity index (χ2v) is 10.1. The lowest BCUT2D eigenvalue weighted by molar-refractivity contribution is -0.135. The highest BCUT2D eigenvalue weighted by Crippen LogP contribution is 2.22. The molecule has 1 unspecified atom stereocenters. The average molecular weight is 422 g/mol. The first kappa shape index (κ1) is 20.6. The maximum atomic E-state index is 13.2. The molecule has 1 aliphatic heterocycles. The zero-order valence-electron chi connectivity index (χ0n) is 15.5. The summed E-state index contributed by atoms with van der Waals surface area (Å²) in [7, 11) is -3.10. The van der Waals surface area contributed by atoms with Crippen molar-refractivity contribution >= 4 is 27.1 Å². The van der Waals surface area contributed by atoms with Gasteiger partial charge >= 0.3 is 0 Å². The van der Waals surface area contributed by atoms with E-state index in [0.29, 0.717) is 32.5 Å². The maximum Gasteiger partial charge on any atom is 0.237 e. The average Bonchev–Trinajstić information content (AvgIpc) is 3.40. The summed E-state index contributed by atoms with van der Waals surface area (Å²) >= 11 is 1.55. The monoisotopic (exact) mass is 421 g/mol. The molecule has 2 aromatic heterocycles. The van der Waals surface area contributed by atoms with E-state index in [1.807, 2.05) is 28.5 Å². The number of furan rings is 1. The van der Waals surface area contributed by atoms with Gasteiger partial charge in [-0.1, -0.05) is 6.07 Å². The Morgan fingerprint density at radius 3 is 2.79 bits per heavy atom.